The summed E-state index contributed by atoms with van der Waals surface area (Å²) in [5, 5.41) is 9.36. The molecule has 120 valence electrons. The van der Waals surface area contributed by atoms with Crippen molar-refractivity contribution in [2.75, 3.05) is 6.54 Å². The van der Waals surface area contributed by atoms with Gasteiger partial charge >= 0.3 is 5.97 Å². The summed E-state index contributed by atoms with van der Waals surface area (Å²) in [6.45, 7) is 1.56. The van der Waals surface area contributed by atoms with Crippen molar-refractivity contribution in [3.8, 4) is 5.75 Å². The van der Waals surface area contributed by atoms with Crippen molar-refractivity contribution < 1.29 is 14.6 Å². The van der Waals surface area contributed by atoms with E-state index in [1.165, 1.54) is 12.8 Å². The van der Waals surface area contributed by atoms with Crippen LogP contribution >= 0.6 is 0 Å². The SMILES string of the molecule is O=C(O)C1CCCCN1Cc1cccc(OC2CCCC2)c1. The molecule has 1 N–H and O–H groups in total. The van der Waals surface area contributed by atoms with Crippen molar-refractivity contribution in [2.24, 2.45) is 0 Å². The zero-order valence-electron chi connectivity index (χ0n) is 13.0. The second-order valence-corrected chi connectivity index (χ2v) is 6.49. The fourth-order valence-corrected chi connectivity index (χ4v) is 3.61. The second-order valence-electron chi connectivity index (χ2n) is 6.49. The monoisotopic (exact) mass is 303 g/mol. The Bertz CT molecular complexity index is 511. The lowest BCUT2D eigenvalue weighted by atomic mass is 10.0. The van der Waals surface area contributed by atoms with E-state index in [1.54, 1.807) is 0 Å². The molecule has 2 fully saturated rings. The van der Waals surface area contributed by atoms with Crippen LogP contribution in [0.4, 0.5) is 0 Å². The molecule has 1 unspecified atom stereocenters. The number of carbonyl (C=O) groups is 1. The third kappa shape index (κ3) is 3.80. The zero-order chi connectivity index (χ0) is 15.4. The molecule has 2 aliphatic rings. The number of hydrogen-bond acceptors (Lipinski definition) is 3. The Morgan fingerprint density at radius 1 is 1.18 bits per heavy atom. The Balaban J connectivity index is 1.64. The molecule has 4 heteroatoms. The minimum absolute atomic E-state index is 0.340. The molecule has 22 heavy (non-hydrogen) atoms. The third-order valence-electron chi connectivity index (χ3n) is 4.79. The molecule has 1 saturated carbocycles. The summed E-state index contributed by atoms with van der Waals surface area (Å²) in [5.74, 6) is 0.228. The van der Waals surface area contributed by atoms with Crippen molar-refractivity contribution in [3.05, 3.63) is 29.8 Å². The van der Waals surface area contributed by atoms with Crippen LogP contribution in [0.1, 0.15) is 50.5 Å². The Morgan fingerprint density at radius 2 is 1.95 bits per heavy atom. The quantitative estimate of drug-likeness (QED) is 0.905. The third-order valence-corrected chi connectivity index (χ3v) is 4.79. The van der Waals surface area contributed by atoms with Gasteiger partial charge in [0.1, 0.15) is 11.8 Å². The maximum atomic E-state index is 11.4. The average Bonchev–Trinajstić information content (AvgIpc) is 3.01. The number of likely N-dealkylation sites (tertiary alicyclic amines) is 1. The number of carboxylic acids is 1. The molecule has 1 saturated heterocycles. The molecule has 1 aliphatic carbocycles. The van der Waals surface area contributed by atoms with E-state index in [-0.39, 0.29) is 6.04 Å². The molecule has 4 nitrogen and oxygen atoms in total. The van der Waals surface area contributed by atoms with Gasteiger partial charge in [-0.2, -0.15) is 0 Å². The lowest BCUT2D eigenvalue weighted by molar-refractivity contribution is -0.144. The van der Waals surface area contributed by atoms with Crippen molar-refractivity contribution in [1.29, 1.82) is 0 Å². The highest BCUT2D eigenvalue weighted by molar-refractivity contribution is 5.73. The van der Waals surface area contributed by atoms with Gasteiger partial charge in [-0.05, 0) is 62.8 Å². The van der Waals surface area contributed by atoms with Crippen molar-refractivity contribution >= 4 is 5.97 Å². The minimum atomic E-state index is -0.696. The molecule has 1 atom stereocenters. The van der Waals surface area contributed by atoms with Gasteiger partial charge in [0.05, 0.1) is 6.10 Å². The number of nitrogens with zero attached hydrogens (tertiary/aromatic N) is 1. The number of carboxylic acid groups (broad SMARTS) is 1. The van der Waals surface area contributed by atoms with E-state index < -0.39 is 5.97 Å². The molecule has 1 aromatic carbocycles. The maximum Gasteiger partial charge on any atom is 0.320 e. The number of benzene rings is 1. The molecule has 0 amide bonds. The predicted octanol–water partition coefficient (Wildman–Crippen LogP) is 3.45. The molecule has 0 aromatic heterocycles. The summed E-state index contributed by atoms with van der Waals surface area (Å²) in [4.78, 5) is 13.5. The van der Waals surface area contributed by atoms with Gasteiger partial charge in [0.15, 0.2) is 0 Å². The van der Waals surface area contributed by atoms with Crippen LogP contribution in [0.2, 0.25) is 0 Å². The first-order chi connectivity index (χ1) is 10.7. The van der Waals surface area contributed by atoms with Gasteiger partial charge in [0, 0.05) is 6.54 Å². The van der Waals surface area contributed by atoms with E-state index in [2.05, 4.69) is 17.0 Å². The minimum Gasteiger partial charge on any atom is -0.490 e. The highest BCUT2D eigenvalue weighted by atomic mass is 16.5. The van der Waals surface area contributed by atoms with Gasteiger partial charge in [0.25, 0.3) is 0 Å². The van der Waals surface area contributed by atoms with E-state index in [9.17, 15) is 9.90 Å². The number of ether oxygens (including phenoxy) is 1. The summed E-state index contributed by atoms with van der Waals surface area (Å²) in [5.41, 5.74) is 1.14. The summed E-state index contributed by atoms with van der Waals surface area (Å²) >= 11 is 0. The van der Waals surface area contributed by atoms with E-state index in [1.807, 2.05) is 12.1 Å². The summed E-state index contributed by atoms with van der Waals surface area (Å²) < 4.78 is 6.04. The van der Waals surface area contributed by atoms with Crippen LogP contribution in [0.5, 0.6) is 5.75 Å². The predicted molar refractivity (Wildman–Crippen MR) is 85.0 cm³/mol. The van der Waals surface area contributed by atoms with E-state index >= 15 is 0 Å². The number of piperidine rings is 1. The molecule has 3 rings (SSSR count). The van der Waals surface area contributed by atoms with E-state index in [0.717, 1.165) is 50.0 Å². The van der Waals surface area contributed by atoms with Gasteiger partial charge in [-0.25, -0.2) is 0 Å². The molecule has 1 aromatic rings. The Hall–Kier alpha value is -1.55. The van der Waals surface area contributed by atoms with Crippen molar-refractivity contribution in [1.82, 2.24) is 4.90 Å². The molecule has 0 spiro atoms. The van der Waals surface area contributed by atoms with E-state index in [4.69, 9.17) is 4.74 Å². The van der Waals surface area contributed by atoms with Crippen LogP contribution in [-0.2, 0) is 11.3 Å². The number of aliphatic carboxylic acids is 1. The summed E-state index contributed by atoms with van der Waals surface area (Å²) in [7, 11) is 0. The Kier molecular flexibility index (Phi) is 4.98. The maximum absolute atomic E-state index is 11.4. The lowest BCUT2D eigenvalue weighted by Gasteiger charge is -2.32. The van der Waals surface area contributed by atoms with Crippen LogP contribution in [-0.4, -0.2) is 34.7 Å². The molecular weight excluding hydrogens is 278 g/mol. The normalized spacial score (nSPS) is 23.5. The lowest BCUT2D eigenvalue weighted by Crippen LogP contribution is -2.43. The topological polar surface area (TPSA) is 49.8 Å². The van der Waals surface area contributed by atoms with E-state index in [0.29, 0.717) is 12.6 Å². The van der Waals surface area contributed by atoms with Crippen LogP contribution in [0.25, 0.3) is 0 Å². The van der Waals surface area contributed by atoms with Gasteiger partial charge in [-0.1, -0.05) is 18.6 Å². The fourth-order valence-electron chi connectivity index (χ4n) is 3.61. The average molecular weight is 303 g/mol. The van der Waals surface area contributed by atoms with Gasteiger partial charge in [-0.15, -0.1) is 0 Å². The van der Waals surface area contributed by atoms with Gasteiger partial charge in [-0.3, -0.25) is 9.69 Å². The Morgan fingerprint density at radius 3 is 2.73 bits per heavy atom. The molecule has 1 aliphatic heterocycles. The van der Waals surface area contributed by atoms with Crippen molar-refractivity contribution in [3.63, 3.8) is 0 Å². The molecular formula is C18H25NO3. The van der Waals surface area contributed by atoms with Crippen molar-refractivity contribution in [2.45, 2.75) is 63.6 Å². The van der Waals surface area contributed by atoms with Crippen LogP contribution in [0, 0.1) is 0 Å². The van der Waals surface area contributed by atoms with Gasteiger partial charge < -0.3 is 9.84 Å². The second kappa shape index (κ2) is 7.14. The zero-order valence-corrected chi connectivity index (χ0v) is 13.0. The first-order valence-electron chi connectivity index (χ1n) is 8.45. The first-order valence-corrected chi connectivity index (χ1v) is 8.45. The van der Waals surface area contributed by atoms with Crippen LogP contribution < -0.4 is 4.74 Å². The summed E-state index contributed by atoms with van der Waals surface area (Å²) in [6.07, 6.45) is 8.04. The standard InChI is InChI=1S/C18H25NO3/c20-18(21)17-10-3-4-11-19(17)13-14-6-5-9-16(12-14)22-15-7-1-2-8-15/h5-6,9,12,15,17H,1-4,7-8,10-11,13H2,(H,20,21). The van der Waals surface area contributed by atoms with Crippen LogP contribution in [0.3, 0.4) is 0 Å². The summed E-state index contributed by atoms with van der Waals surface area (Å²) in [6, 6.07) is 7.82. The van der Waals surface area contributed by atoms with Gasteiger partial charge in [0.2, 0.25) is 0 Å². The Labute approximate surface area is 132 Å². The fraction of sp³-hybridized carbons (Fsp3) is 0.611. The highest BCUT2D eigenvalue weighted by Gasteiger charge is 2.28. The first kappa shape index (κ1) is 15.3. The smallest absolute Gasteiger partial charge is 0.320 e. The largest absolute Gasteiger partial charge is 0.490 e. The molecule has 0 radical (unpaired) electrons. The molecule has 0 bridgehead atoms. The van der Waals surface area contributed by atoms with Crippen LogP contribution in [0.15, 0.2) is 24.3 Å². The molecule has 1 heterocycles. The number of hydrogen-bond donors (Lipinski definition) is 1. The number of rotatable bonds is 5. The highest BCUT2D eigenvalue weighted by Crippen LogP contribution is 2.26.